The molecule has 1 N–H and O–H groups in total. The summed E-state index contributed by atoms with van der Waals surface area (Å²) in [4.78, 5) is 42.0. The molecule has 3 aromatic rings. The van der Waals surface area contributed by atoms with Gasteiger partial charge in [0, 0.05) is 48.6 Å². The number of hydrogen-bond donors (Lipinski definition) is 1. The van der Waals surface area contributed by atoms with Gasteiger partial charge in [-0.3, -0.25) is 14.4 Å². The molecule has 0 spiro atoms. The third-order valence-electron chi connectivity index (χ3n) is 6.50. The van der Waals surface area contributed by atoms with Crippen LogP contribution >= 0.6 is 0 Å². The third-order valence-corrected chi connectivity index (χ3v) is 6.50. The smallest absolute Gasteiger partial charge is 0.270 e. The SMILES string of the molecule is CCN(CC)C(=O)c1cccc(OC(C(=O)Nc2ccc(N3CCCCC3=O)cc2)c2ccccc2)c1. The van der Waals surface area contributed by atoms with Crippen LogP contribution in [0.3, 0.4) is 0 Å². The van der Waals surface area contributed by atoms with E-state index in [1.54, 1.807) is 46.2 Å². The van der Waals surface area contributed by atoms with Crippen molar-refractivity contribution in [2.24, 2.45) is 0 Å². The molecule has 0 aliphatic carbocycles. The van der Waals surface area contributed by atoms with Crippen molar-refractivity contribution in [3.63, 3.8) is 0 Å². The summed E-state index contributed by atoms with van der Waals surface area (Å²) < 4.78 is 6.17. The predicted octanol–water partition coefficient (Wildman–Crippen LogP) is 5.44. The van der Waals surface area contributed by atoms with Crippen molar-refractivity contribution in [2.75, 3.05) is 29.9 Å². The van der Waals surface area contributed by atoms with Gasteiger partial charge in [-0.2, -0.15) is 0 Å². The average molecular weight is 500 g/mol. The van der Waals surface area contributed by atoms with Crippen molar-refractivity contribution in [2.45, 2.75) is 39.2 Å². The predicted molar refractivity (Wildman–Crippen MR) is 145 cm³/mol. The van der Waals surface area contributed by atoms with Crippen molar-refractivity contribution in [3.05, 3.63) is 90.0 Å². The van der Waals surface area contributed by atoms with Crippen LogP contribution in [0, 0.1) is 0 Å². The summed E-state index contributed by atoms with van der Waals surface area (Å²) in [5, 5.41) is 2.93. The molecule has 1 aliphatic rings. The van der Waals surface area contributed by atoms with E-state index in [9.17, 15) is 14.4 Å². The normalized spacial score (nSPS) is 14.1. The molecule has 1 saturated heterocycles. The minimum absolute atomic E-state index is 0.0801. The summed E-state index contributed by atoms with van der Waals surface area (Å²) in [6.45, 7) is 5.81. The Labute approximate surface area is 218 Å². The number of carbonyl (C=O) groups is 3. The summed E-state index contributed by atoms with van der Waals surface area (Å²) >= 11 is 0. The zero-order valence-electron chi connectivity index (χ0n) is 21.4. The van der Waals surface area contributed by atoms with E-state index in [0.29, 0.717) is 48.6 Å². The van der Waals surface area contributed by atoms with Gasteiger partial charge in [0.1, 0.15) is 5.75 Å². The molecule has 1 aliphatic heterocycles. The Balaban J connectivity index is 1.52. The lowest BCUT2D eigenvalue weighted by molar-refractivity contribution is -0.123. The second kappa shape index (κ2) is 12.2. The maximum absolute atomic E-state index is 13.4. The van der Waals surface area contributed by atoms with Crippen molar-refractivity contribution < 1.29 is 19.1 Å². The molecule has 1 fully saturated rings. The second-order valence-electron chi connectivity index (χ2n) is 8.95. The lowest BCUT2D eigenvalue weighted by Gasteiger charge is -2.27. The van der Waals surface area contributed by atoms with Gasteiger partial charge in [0.2, 0.25) is 12.0 Å². The third kappa shape index (κ3) is 6.36. The van der Waals surface area contributed by atoms with Gasteiger partial charge in [-0.25, -0.2) is 0 Å². The molecule has 4 rings (SSSR count). The van der Waals surface area contributed by atoms with Crippen LogP contribution in [0.5, 0.6) is 5.75 Å². The quantitative estimate of drug-likeness (QED) is 0.425. The minimum atomic E-state index is -0.927. The maximum Gasteiger partial charge on any atom is 0.270 e. The van der Waals surface area contributed by atoms with Gasteiger partial charge < -0.3 is 19.9 Å². The van der Waals surface area contributed by atoms with Crippen molar-refractivity contribution in [3.8, 4) is 5.75 Å². The number of ether oxygens (including phenoxy) is 1. The first-order valence-corrected chi connectivity index (χ1v) is 12.8. The molecular formula is C30H33N3O4. The van der Waals surface area contributed by atoms with Gasteiger partial charge in [-0.05, 0) is 69.2 Å². The van der Waals surface area contributed by atoms with Crippen LogP contribution < -0.4 is 15.0 Å². The van der Waals surface area contributed by atoms with E-state index in [1.165, 1.54) is 0 Å². The molecule has 0 aromatic heterocycles. The molecule has 0 bridgehead atoms. The summed E-state index contributed by atoms with van der Waals surface area (Å²) in [6.07, 6.45) is 1.55. The molecule has 3 amide bonds. The standard InChI is InChI=1S/C30H33N3O4/c1-3-32(4-2)30(36)23-13-10-14-26(21-23)37-28(22-11-6-5-7-12-22)29(35)31-24-16-18-25(19-17-24)33-20-9-8-15-27(33)34/h5-7,10-14,16-19,21,28H,3-4,8-9,15,20H2,1-2H3,(H,31,35). The van der Waals surface area contributed by atoms with Crippen molar-refractivity contribution in [1.82, 2.24) is 4.90 Å². The van der Waals surface area contributed by atoms with Gasteiger partial charge in [0.05, 0.1) is 0 Å². The fourth-order valence-corrected chi connectivity index (χ4v) is 4.44. The number of nitrogens with zero attached hydrogens (tertiary/aromatic N) is 2. The molecular weight excluding hydrogens is 466 g/mol. The Hall–Kier alpha value is -4.13. The molecule has 1 unspecified atom stereocenters. The monoisotopic (exact) mass is 499 g/mol. The number of nitrogens with one attached hydrogen (secondary N) is 1. The highest BCUT2D eigenvalue weighted by Gasteiger charge is 2.24. The fraction of sp³-hybridized carbons (Fsp3) is 0.300. The highest BCUT2D eigenvalue weighted by molar-refractivity contribution is 5.97. The number of rotatable bonds is 9. The fourth-order valence-electron chi connectivity index (χ4n) is 4.44. The van der Waals surface area contributed by atoms with Gasteiger partial charge in [0.25, 0.3) is 11.8 Å². The largest absolute Gasteiger partial charge is 0.476 e. The van der Waals surface area contributed by atoms with E-state index in [4.69, 9.17) is 4.74 Å². The first kappa shape index (κ1) is 25.9. The van der Waals surface area contributed by atoms with E-state index in [-0.39, 0.29) is 17.7 Å². The highest BCUT2D eigenvalue weighted by atomic mass is 16.5. The number of anilines is 2. The van der Waals surface area contributed by atoms with Crippen LogP contribution in [0.4, 0.5) is 11.4 Å². The van der Waals surface area contributed by atoms with Gasteiger partial charge in [-0.1, -0.05) is 36.4 Å². The second-order valence-corrected chi connectivity index (χ2v) is 8.95. The number of benzene rings is 3. The first-order valence-electron chi connectivity index (χ1n) is 12.8. The maximum atomic E-state index is 13.4. The number of hydrogen-bond acceptors (Lipinski definition) is 4. The van der Waals surface area contributed by atoms with Crippen molar-refractivity contribution >= 4 is 29.1 Å². The topological polar surface area (TPSA) is 79.0 Å². The van der Waals surface area contributed by atoms with Crippen molar-refractivity contribution in [1.29, 1.82) is 0 Å². The van der Waals surface area contributed by atoms with Gasteiger partial charge >= 0.3 is 0 Å². The van der Waals surface area contributed by atoms with E-state index >= 15 is 0 Å². The first-order chi connectivity index (χ1) is 18.0. The van der Waals surface area contributed by atoms with Crippen LogP contribution in [0.15, 0.2) is 78.9 Å². The lowest BCUT2D eigenvalue weighted by Crippen LogP contribution is -2.35. The van der Waals surface area contributed by atoms with Crippen LogP contribution in [0.1, 0.15) is 55.1 Å². The molecule has 192 valence electrons. The number of piperidine rings is 1. The summed E-state index contributed by atoms with van der Waals surface area (Å²) in [5.41, 5.74) is 2.63. The van der Waals surface area contributed by atoms with Crippen LogP contribution in [-0.4, -0.2) is 42.3 Å². The van der Waals surface area contributed by atoms with Gasteiger partial charge in [-0.15, -0.1) is 0 Å². The Morgan fingerprint density at radius 2 is 1.68 bits per heavy atom. The van der Waals surface area contributed by atoms with Crippen LogP contribution in [0.25, 0.3) is 0 Å². The number of carbonyl (C=O) groups excluding carboxylic acids is 3. The molecule has 0 saturated carbocycles. The zero-order chi connectivity index (χ0) is 26.2. The van der Waals surface area contributed by atoms with E-state index in [0.717, 1.165) is 18.5 Å². The molecule has 3 aromatic carbocycles. The molecule has 0 radical (unpaired) electrons. The molecule has 1 atom stereocenters. The molecule has 37 heavy (non-hydrogen) atoms. The van der Waals surface area contributed by atoms with E-state index in [1.807, 2.05) is 56.3 Å². The Bertz CT molecular complexity index is 1220. The lowest BCUT2D eigenvalue weighted by atomic mass is 10.1. The summed E-state index contributed by atoms with van der Waals surface area (Å²) in [5.74, 6) is 0.139. The minimum Gasteiger partial charge on any atom is -0.476 e. The summed E-state index contributed by atoms with van der Waals surface area (Å²) in [7, 11) is 0. The van der Waals surface area contributed by atoms with Crippen LogP contribution in [-0.2, 0) is 9.59 Å². The summed E-state index contributed by atoms with van der Waals surface area (Å²) in [6, 6.07) is 23.4. The number of amides is 3. The Kier molecular flexibility index (Phi) is 8.56. The van der Waals surface area contributed by atoms with Gasteiger partial charge in [0.15, 0.2) is 0 Å². The Morgan fingerprint density at radius 1 is 0.946 bits per heavy atom. The molecule has 1 heterocycles. The Morgan fingerprint density at radius 3 is 2.35 bits per heavy atom. The molecule has 7 nitrogen and oxygen atoms in total. The average Bonchev–Trinajstić information content (AvgIpc) is 2.94. The zero-order valence-corrected chi connectivity index (χ0v) is 21.4. The molecule has 7 heteroatoms. The highest BCUT2D eigenvalue weighted by Crippen LogP contribution is 2.27. The van der Waals surface area contributed by atoms with E-state index in [2.05, 4.69) is 5.32 Å². The van der Waals surface area contributed by atoms with Crippen LogP contribution in [0.2, 0.25) is 0 Å². The van der Waals surface area contributed by atoms with E-state index < -0.39 is 6.10 Å².